The Morgan fingerprint density at radius 1 is 1.33 bits per heavy atom. The van der Waals surface area contributed by atoms with Crippen molar-refractivity contribution in [2.24, 2.45) is 0 Å². The average molecular weight is 335 g/mol. The zero-order valence-corrected chi connectivity index (χ0v) is 14.9. The van der Waals surface area contributed by atoms with Crippen LogP contribution in [0.3, 0.4) is 0 Å². The molecule has 7 nitrogen and oxygen atoms in total. The third-order valence-corrected chi connectivity index (χ3v) is 3.71. The van der Waals surface area contributed by atoms with E-state index in [1.165, 1.54) is 0 Å². The Morgan fingerprint density at radius 3 is 2.79 bits per heavy atom. The summed E-state index contributed by atoms with van der Waals surface area (Å²) < 4.78 is 5.21. The minimum absolute atomic E-state index is 0.354. The molecule has 2 rings (SSSR count). The Balaban J connectivity index is 1.61. The summed E-state index contributed by atoms with van der Waals surface area (Å²) in [6.07, 6.45) is 6.36. The van der Waals surface area contributed by atoms with Crippen LogP contribution in [-0.4, -0.2) is 53.9 Å². The lowest BCUT2D eigenvalue weighted by Crippen LogP contribution is -2.47. The van der Waals surface area contributed by atoms with Crippen molar-refractivity contribution in [3.8, 4) is 0 Å². The molecular formula is C17H29N5O2. The SMILES string of the molecule is CC(C)(C)OC(=O)NCCCNC1CCCN(c2ncccn2)C1. The van der Waals surface area contributed by atoms with Gasteiger partial charge in [0.1, 0.15) is 5.60 Å². The summed E-state index contributed by atoms with van der Waals surface area (Å²) in [6.45, 7) is 8.98. The Labute approximate surface area is 144 Å². The minimum atomic E-state index is -0.451. The van der Waals surface area contributed by atoms with Gasteiger partial charge in [-0.05, 0) is 52.6 Å². The van der Waals surface area contributed by atoms with Crippen LogP contribution in [0.15, 0.2) is 18.5 Å². The van der Waals surface area contributed by atoms with E-state index in [1.54, 1.807) is 12.4 Å². The number of nitrogens with one attached hydrogen (secondary N) is 2. The first-order chi connectivity index (χ1) is 11.4. The molecule has 1 aliphatic rings. The van der Waals surface area contributed by atoms with Gasteiger partial charge in [-0.2, -0.15) is 0 Å². The maximum atomic E-state index is 11.5. The first-order valence-electron chi connectivity index (χ1n) is 8.66. The molecule has 134 valence electrons. The van der Waals surface area contributed by atoms with Gasteiger partial charge in [0.25, 0.3) is 0 Å². The molecule has 2 N–H and O–H groups in total. The van der Waals surface area contributed by atoms with Crippen molar-refractivity contribution in [3.05, 3.63) is 18.5 Å². The third-order valence-electron chi connectivity index (χ3n) is 3.71. The molecule has 24 heavy (non-hydrogen) atoms. The van der Waals surface area contributed by atoms with Crippen molar-refractivity contribution in [1.29, 1.82) is 0 Å². The van der Waals surface area contributed by atoms with Crippen LogP contribution in [0.5, 0.6) is 0 Å². The number of hydrogen-bond donors (Lipinski definition) is 2. The van der Waals surface area contributed by atoms with Crippen LogP contribution in [0.25, 0.3) is 0 Å². The number of alkyl carbamates (subject to hydrolysis) is 1. The fourth-order valence-corrected chi connectivity index (χ4v) is 2.68. The number of aromatic nitrogens is 2. The molecule has 2 heterocycles. The normalized spacial score (nSPS) is 18.3. The maximum Gasteiger partial charge on any atom is 0.407 e. The van der Waals surface area contributed by atoms with Crippen molar-refractivity contribution in [1.82, 2.24) is 20.6 Å². The lowest BCUT2D eigenvalue weighted by Gasteiger charge is -2.33. The molecule has 1 aromatic heterocycles. The average Bonchev–Trinajstić information content (AvgIpc) is 2.54. The van der Waals surface area contributed by atoms with Gasteiger partial charge in [-0.15, -0.1) is 0 Å². The molecule has 1 atom stereocenters. The van der Waals surface area contributed by atoms with Gasteiger partial charge in [-0.3, -0.25) is 0 Å². The number of nitrogens with zero attached hydrogens (tertiary/aromatic N) is 3. The van der Waals surface area contributed by atoms with Gasteiger partial charge in [0, 0.05) is 38.1 Å². The molecule has 1 saturated heterocycles. The van der Waals surface area contributed by atoms with E-state index in [0.29, 0.717) is 12.6 Å². The molecule has 0 radical (unpaired) electrons. The number of anilines is 1. The highest BCUT2D eigenvalue weighted by molar-refractivity contribution is 5.67. The van der Waals surface area contributed by atoms with E-state index >= 15 is 0 Å². The van der Waals surface area contributed by atoms with E-state index in [2.05, 4.69) is 25.5 Å². The summed E-state index contributed by atoms with van der Waals surface area (Å²) >= 11 is 0. The molecule has 1 amide bonds. The lowest BCUT2D eigenvalue weighted by molar-refractivity contribution is 0.0527. The van der Waals surface area contributed by atoms with E-state index in [0.717, 1.165) is 44.8 Å². The molecule has 1 aliphatic heterocycles. The van der Waals surface area contributed by atoms with Gasteiger partial charge >= 0.3 is 6.09 Å². The largest absolute Gasteiger partial charge is 0.444 e. The smallest absolute Gasteiger partial charge is 0.407 e. The second kappa shape index (κ2) is 8.82. The van der Waals surface area contributed by atoms with Crippen molar-refractivity contribution < 1.29 is 9.53 Å². The van der Waals surface area contributed by atoms with E-state index in [1.807, 2.05) is 26.8 Å². The predicted molar refractivity (Wildman–Crippen MR) is 94.1 cm³/mol. The molecule has 1 fully saturated rings. The highest BCUT2D eigenvalue weighted by Gasteiger charge is 2.21. The number of amides is 1. The van der Waals surface area contributed by atoms with Crippen molar-refractivity contribution in [2.45, 2.75) is 51.7 Å². The maximum absolute atomic E-state index is 11.5. The molecule has 1 unspecified atom stereocenters. The number of piperidine rings is 1. The van der Waals surface area contributed by atoms with E-state index in [9.17, 15) is 4.79 Å². The molecule has 1 aromatic rings. The van der Waals surface area contributed by atoms with Gasteiger partial charge in [0.05, 0.1) is 0 Å². The summed E-state index contributed by atoms with van der Waals surface area (Å²) in [4.78, 5) is 22.4. The number of carbonyl (C=O) groups is 1. The Morgan fingerprint density at radius 2 is 2.08 bits per heavy atom. The predicted octanol–water partition coefficient (Wildman–Crippen LogP) is 1.95. The van der Waals surface area contributed by atoms with Gasteiger partial charge < -0.3 is 20.3 Å². The zero-order valence-electron chi connectivity index (χ0n) is 14.9. The number of ether oxygens (including phenoxy) is 1. The molecule has 0 aliphatic carbocycles. The summed E-state index contributed by atoms with van der Waals surface area (Å²) in [6, 6.07) is 2.27. The van der Waals surface area contributed by atoms with E-state index in [4.69, 9.17) is 4.74 Å². The van der Waals surface area contributed by atoms with Crippen molar-refractivity contribution in [2.75, 3.05) is 31.1 Å². The summed E-state index contributed by atoms with van der Waals surface area (Å²) in [5, 5.41) is 6.33. The van der Waals surface area contributed by atoms with E-state index < -0.39 is 5.60 Å². The third kappa shape index (κ3) is 6.70. The highest BCUT2D eigenvalue weighted by atomic mass is 16.6. The fourth-order valence-electron chi connectivity index (χ4n) is 2.68. The molecule has 7 heteroatoms. The summed E-state index contributed by atoms with van der Waals surface area (Å²) in [5.74, 6) is 0.801. The highest BCUT2D eigenvalue weighted by Crippen LogP contribution is 2.15. The van der Waals surface area contributed by atoms with Crippen molar-refractivity contribution >= 4 is 12.0 Å². The Hall–Kier alpha value is -1.89. The van der Waals surface area contributed by atoms with Gasteiger partial charge in [0.15, 0.2) is 0 Å². The quantitative estimate of drug-likeness (QED) is 0.774. The molecular weight excluding hydrogens is 306 g/mol. The Kier molecular flexibility index (Phi) is 6.78. The molecule has 0 bridgehead atoms. The summed E-state index contributed by atoms with van der Waals surface area (Å²) in [5.41, 5.74) is -0.451. The van der Waals surface area contributed by atoms with Crippen LogP contribution >= 0.6 is 0 Å². The van der Waals surface area contributed by atoms with Crippen LogP contribution in [-0.2, 0) is 4.74 Å². The second-order valence-corrected chi connectivity index (χ2v) is 7.07. The van der Waals surface area contributed by atoms with Gasteiger partial charge in [-0.25, -0.2) is 14.8 Å². The Bertz CT molecular complexity index is 503. The standard InChI is InChI=1S/C17H29N5O2/c1-17(2,3)24-16(23)21-11-5-8-18-14-7-4-12-22(13-14)15-19-9-6-10-20-15/h6,9-10,14,18H,4-5,7-8,11-13H2,1-3H3,(H,21,23). The van der Waals surface area contributed by atoms with E-state index in [-0.39, 0.29) is 6.09 Å². The summed E-state index contributed by atoms with van der Waals surface area (Å²) in [7, 11) is 0. The first kappa shape index (κ1) is 18.4. The van der Waals surface area contributed by atoms with Crippen LogP contribution in [0.4, 0.5) is 10.7 Å². The first-order valence-corrected chi connectivity index (χ1v) is 8.66. The monoisotopic (exact) mass is 335 g/mol. The molecule has 0 aromatic carbocycles. The second-order valence-electron chi connectivity index (χ2n) is 7.07. The van der Waals surface area contributed by atoms with Gasteiger partial charge in [-0.1, -0.05) is 0 Å². The zero-order chi connectivity index (χ0) is 17.4. The topological polar surface area (TPSA) is 79.4 Å². The van der Waals surface area contributed by atoms with Crippen LogP contribution in [0.2, 0.25) is 0 Å². The number of carbonyl (C=O) groups excluding carboxylic acids is 1. The number of rotatable bonds is 6. The van der Waals surface area contributed by atoms with Crippen molar-refractivity contribution in [3.63, 3.8) is 0 Å². The fraction of sp³-hybridized carbons (Fsp3) is 0.706. The molecule has 0 spiro atoms. The minimum Gasteiger partial charge on any atom is -0.444 e. The van der Waals surface area contributed by atoms with Crippen LogP contribution < -0.4 is 15.5 Å². The molecule has 0 saturated carbocycles. The van der Waals surface area contributed by atoms with Crippen LogP contribution in [0, 0.1) is 0 Å². The lowest BCUT2D eigenvalue weighted by atomic mass is 10.1. The van der Waals surface area contributed by atoms with Gasteiger partial charge in [0.2, 0.25) is 5.95 Å². The van der Waals surface area contributed by atoms with Crippen LogP contribution in [0.1, 0.15) is 40.0 Å². The number of hydrogen-bond acceptors (Lipinski definition) is 6.